The number of amides is 2. The molecule has 1 aromatic heterocycles. The minimum atomic E-state index is -0.627. The van der Waals surface area contributed by atoms with Crippen LogP contribution < -0.4 is 20.1 Å². The molecule has 0 saturated heterocycles. The van der Waals surface area contributed by atoms with Crippen LogP contribution in [0.1, 0.15) is 21.5 Å². The Morgan fingerprint density at radius 1 is 1.19 bits per heavy atom. The number of pyridine rings is 1. The molecule has 0 atom stereocenters. The van der Waals surface area contributed by atoms with Crippen LogP contribution in [-0.4, -0.2) is 30.5 Å². The van der Waals surface area contributed by atoms with Crippen molar-refractivity contribution in [2.24, 2.45) is 5.73 Å². The number of aromatic nitrogens is 1. The standard InChI is InChI=1S/C24H20N4O4/c1-26-20-14-18(31-2)13-16-9-11-28(22(16)20)21(29)12-15-5-7-17(8-6-15)32-24-19(23(25)30)4-3-10-27-24/h3-8,10,13-14H,9,11-12H2,2H3,(H2,25,30). The Hall–Kier alpha value is -4.38. The summed E-state index contributed by atoms with van der Waals surface area (Å²) in [6.07, 6.45) is 2.37. The van der Waals surface area contributed by atoms with Crippen molar-refractivity contribution in [2.45, 2.75) is 12.8 Å². The van der Waals surface area contributed by atoms with Gasteiger partial charge in [0.25, 0.3) is 5.91 Å². The van der Waals surface area contributed by atoms with Gasteiger partial charge >= 0.3 is 0 Å². The zero-order valence-electron chi connectivity index (χ0n) is 17.4. The van der Waals surface area contributed by atoms with Gasteiger partial charge in [0, 0.05) is 12.7 Å². The van der Waals surface area contributed by atoms with Gasteiger partial charge in [0.1, 0.15) is 17.1 Å². The third-order valence-corrected chi connectivity index (χ3v) is 5.20. The number of nitrogens with two attached hydrogens (primary N) is 1. The van der Waals surface area contributed by atoms with Crippen molar-refractivity contribution in [2.75, 3.05) is 18.6 Å². The molecule has 1 aliphatic heterocycles. The number of methoxy groups -OCH3 is 1. The lowest BCUT2D eigenvalue weighted by molar-refractivity contribution is -0.117. The van der Waals surface area contributed by atoms with E-state index in [9.17, 15) is 9.59 Å². The van der Waals surface area contributed by atoms with Crippen LogP contribution >= 0.6 is 0 Å². The highest BCUT2D eigenvalue weighted by atomic mass is 16.5. The number of primary amides is 1. The largest absolute Gasteiger partial charge is 0.498 e. The Morgan fingerprint density at radius 3 is 2.66 bits per heavy atom. The number of benzene rings is 2. The quantitative estimate of drug-likeness (QED) is 0.604. The molecule has 2 N–H and O–H groups in total. The summed E-state index contributed by atoms with van der Waals surface area (Å²) >= 11 is 0. The molecule has 0 aliphatic carbocycles. The molecule has 0 radical (unpaired) electrons. The second-order valence-electron chi connectivity index (χ2n) is 7.20. The van der Waals surface area contributed by atoms with Gasteiger partial charge < -0.3 is 20.1 Å². The van der Waals surface area contributed by atoms with E-state index in [2.05, 4.69) is 9.83 Å². The molecule has 0 spiro atoms. The second-order valence-corrected chi connectivity index (χ2v) is 7.20. The van der Waals surface area contributed by atoms with E-state index in [4.69, 9.17) is 21.8 Å². The summed E-state index contributed by atoms with van der Waals surface area (Å²) in [5.41, 5.74) is 8.35. The number of fused-ring (bicyclic) bond motifs is 1. The van der Waals surface area contributed by atoms with Gasteiger partial charge in [0.15, 0.2) is 0 Å². The van der Waals surface area contributed by atoms with Gasteiger partial charge in [-0.15, -0.1) is 0 Å². The van der Waals surface area contributed by atoms with E-state index in [-0.39, 0.29) is 23.8 Å². The van der Waals surface area contributed by atoms with Crippen LogP contribution in [0.25, 0.3) is 4.85 Å². The van der Waals surface area contributed by atoms with Crippen molar-refractivity contribution in [1.29, 1.82) is 0 Å². The zero-order chi connectivity index (χ0) is 22.7. The fourth-order valence-electron chi connectivity index (χ4n) is 3.66. The van der Waals surface area contributed by atoms with Crippen LogP contribution in [0.5, 0.6) is 17.4 Å². The number of ether oxygens (including phenoxy) is 2. The van der Waals surface area contributed by atoms with Crippen molar-refractivity contribution in [3.63, 3.8) is 0 Å². The molecule has 3 aromatic rings. The summed E-state index contributed by atoms with van der Waals surface area (Å²) in [6.45, 7) is 8.01. The van der Waals surface area contributed by atoms with E-state index >= 15 is 0 Å². The summed E-state index contributed by atoms with van der Waals surface area (Å²) in [5.74, 6) is 0.494. The first-order chi connectivity index (χ1) is 15.5. The topological polar surface area (TPSA) is 99.1 Å². The highest BCUT2D eigenvalue weighted by Crippen LogP contribution is 2.41. The lowest BCUT2D eigenvalue weighted by atomic mass is 10.1. The zero-order valence-corrected chi connectivity index (χ0v) is 17.4. The first-order valence-electron chi connectivity index (χ1n) is 9.90. The molecule has 0 fully saturated rings. The summed E-state index contributed by atoms with van der Waals surface area (Å²) in [4.78, 5) is 33.8. The smallest absolute Gasteiger partial charge is 0.254 e. The maximum atomic E-state index is 13.0. The molecule has 0 bridgehead atoms. The van der Waals surface area contributed by atoms with Gasteiger partial charge in [-0.3, -0.25) is 9.59 Å². The predicted octanol–water partition coefficient (Wildman–Crippen LogP) is 3.66. The van der Waals surface area contributed by atoms with Crippen LogP contribution in [-0.2, 0) is 17.6 Å². The third kappa shape index (κ3) is 4.09. The maximum Gasteiger partial charge on any atom is 0.254 e. The van der Waals surface area contributed by atoms with Gasteiger partial charge in [0.05, 0.1) is 25.8 Å². The van der Waals surface area contributed by atoms with Crippen molar-refractivity contribution in [3.8, 4) is 17.4 Å². The molecule has 32 heavy (non-hydrogen) atoms. The first kappa shape index (κ1) is 20.9. The van der Waals surface area contributed by atoms with E-state index in [1.807, 2.05) is 6.07 Å². The number of anilines is 1. The number of hydrogen-bond acceptors (Lipinski definition) is 5. The van der Waals surface area contributed by atoms with Crippen molar-refractivity contribution in [3.05, 3.63) is 82.8 Å². The normalized spacial score (nSPS) is 12.1. The minimum Gasteiger partial charge on any atom is -0.498 e. The Balaban J connectivity index is 1.48. The Morgan fingerprint density at radius 2 is 1.97 bits per heavy atom. The van der Waals surface area contributed by atoms with Gasteiger partial charge in [0.2, 0.25) is 17.5 Å². The average molecular weight is 428 g/mol. The lowest BCUT2D eigenvalue weighted by Crippen LogP contribution is -2.30. The second kappa shape index (κ2) is 8.78. The van der Waals surface area contributed by atoms with Crippen LogP contribution in [0, 0.1) is 6.57 Å². The molecule has 8 heteroatoms. The highest BCUT2D eigenvalue weighted by Gasteiger charge is 2.28. The number of hydrogen-bond donors (Lipinski definition) is 1. The van der Waals surface area contributed by atoms with Gasteiger partial charge in [-0.25, -0.2) is 9.83 Å². The van der Waals surface area contributed by atoms with E-state index in [1.54, 1.807) is 54.5 Å². The first-order valence-corrected chi connectivity index (χ1v) is 9.90. The highest BCUT2D eigenvalue weighted by molar-refractivity contribution is 6.00. The fourth-order valence-corrected chi connectivity index (χ4v) is 3.66. The van der Waals surface area contributed by atoms with Gasteiger partial charge in [-0.2, -0.15) is 0 Å². The summed E-state index contributed by atoms with van der Waals surface area (Å²) in [7, 11) is 1.56. The van der Waals surface area contributed by atoms with Crippen molar-refractivity contribution >= 4 is 23.2 Å². The monoisotopic (exact) mass is 428 g/mol. The number of rotatable bonds is 6. The summed E-state index contributed by atoms with van der Waals surface area (Å²) in [5, 5.41) is 0. The Bertz CT molecular complexity index is 1230. The molecule has 2 amide bonds. The summed E-state index contributed by atoms with van der Waals surface area (Å²) in [6, 6.07) is 13.6. The minimum absolute atomic E-state index is 0.0896. The van der Waals surface area contributed by atoms with Gasteiger partial charge in [-0.05, 0) is 53.9 Å². The van der Waals surface area contributed by atoms with Crippen LogP contribution in [0.3, 0.4) is 0 Å². The Labute approximate surface area is 185 Å². The van der Waals surface area contributed by atoms with E-state index in [0.29, 0.717) is 35.8 Å². The molecule has 160 valence electrons. The molecule has 1 aliphatic rings. The molecule has 0 saturated carbocycles. The van der Waals surface area contributed by atoms with Gasteiger partial charge in [-0.1, -0.05) is 12.1 Å². The van der Waals surface area contributed by atoms with E-state index < -0.39 is 5.91 Å². The average Bonchev–Trinajstić information content (AvgIpc) is 3.24. The molecule has 4 rings (SSSR count). The molecule has 2 heterocycles. The maximum absolute atomic E-state index is 13.0. The lowest BCUT2D eigenvalue weighted by Gasteiger charge is -2.19. The molecular formula is C24H20N4O4. The molecule has 2 aromatic carbocycles. The van der Waals surface area contributed by atoms with E-state index in [0.717, 1.165) is 11.1 Å². The van der Waals surface area contributed by atoms with Crippen LogP contribution in [0.2, 0.25) is 0 Å². The van der Waals surface area contributed by atoms with E-state index in [1.165, 1.54) is 6.20 Å². The van der Waals surface area contributed by atoms with Crippen molar-refractivity contribution in [1.82, 2.24) is 4.98 Å². The molecule has 0 unspecified atom stereocenters. The molecule has 8 nitrogen and oxygen atoms in total. The number of carbonyl (C=O) groups excluding carboxylic acids is 2. The Kier molecular flexibility index (Phi) is 5.73. The summed E-state index contributed by atoms with van der Waals surface area (Å²) < 4.78 is 10.9. The molecular weight excluding hydrogens is 408 g/mol. The number of nitrogens with zero attached hydrogens (tertiary/aromatic N) is 3. The number of carbonyl (C=O) groups is 2. The predicted molar refractivity (Wildman–Crippen MR) is 118 cm³/mol. The SMILES string of the molecule is [C-]#[N+]c1cc(OC)cc2c1N(C(=O)Cc1ccc(Oc3ncccc3C(N)=O)cc1)CC2. The fraction of sp³-hybridized carbons (Fsp3) is 0.167. The van der Waals surface area contributed by atoms with Crippen LogP contribution in [0.4, 0.5) is 11.4 Å². The van der Waals surface area contributed by atoms with Crippen molar-refractivity contribution < 1.29 is 19.1 Å². The third-order valence-electron chi connectivity index (χ3n) is 5.20. The van der Waals surface area contributed by atoms with Crippen LogP contribution in [0.15, 0.2) is 54.7 Å².